The fraction of sp³-hybridized carbons (Fsp3) is 0.192. The molecule has 5 aromatic rings. The Kier molecular flexibility index (Phi) is 5.90. The Morgan fingerprint density at radius 2 is 1.88 bits per heavy atom. The fourth-order valence-corrected chi connectivity index (χ4v) is 5.24. The number of nitrogens with zero attached hydrogens (tertiary/aromatic N) is 2. The molecule has 0 bridgehead atoms. The van der Waals surface area contributed by atoms with Gasteiger partial charge < -0.3 is 15.0 Å². The number of aromatic amines is 1. The number of amides is 1. The Morgan fingerprint density at radius 1 is 1.12 bits per heavy atom. The number of para-hydroxylation sites is 1. The van der Waals surface area contributed by atoms with E-state index in [1.54, 1.807) is 0 Å². The van der Waals surface area contributed by atoms with E-state index in [0.29, 0.717) is 17.8 Å². The third kappa shape index (κ3) is 4.20. The molecule has 0 aliphatic carbocycles. The van der Waals surface area contributed by atoms with Crippen LogP contribution in [-0.4, -0.2) is 39.8 Å². The number of rotatable bonds is 7. The molecule has 0 spiro atoms. The Bertz CT molecular complexity index is 1480. The highest BCUT2D eigenvalue weighted by Gasteiger charge is 2.25. The third-order valence-corrected chi connectivity index (χ3v) is 7.04. The van der Waals surface area contributed by atoms with Crippen molar-refractivity contribution in [3.8, 4) is 0 Å². The highest BCUT2D eigenvalue weighted by Crippen LogP contribution is 2.29. The van der Waals surface area contributed by atoms with Crippen LogP contribution < -0.4 is 5.32 Å². The summed E-state index contributed by atoms with van der Waals surface area (Å²) in [6, 6.07) is 19.0. The molecule has 3 heterocycles. The van der Waals surface area contributed by atoms with Crippen molar-refractivity contribution in [3.05, 3.63) is 88.6 Å². The summed E-state index contributed by atoms with van der Waals surface area (Å²) in [5, 5.41) is 9.48. The summed E-state index contributed by atoms with van der Waals surface area (Å²) in [6.45, 7) is 2.56. The number of esters is 1. The lowest BCUT2D eigenvalue weighted by atomic mass is 10.0. The van der Waals surface area contributed by atoms with Crippen molar-refractivity contribution in [2.24, 2.45) is 0 Å². The molecule has 3 aromatic heterocycles. The van der Waals surface area contributed by atoms with Crippen molar-refractivity contribution in [2.45, 2.75) is 25.9 Å². The normalized spacial score (nSPS) is 12.2. The van der Waals surface area contributed by atoms with Gasteiger partial charge in [0.2, 0.25) is 0 Å². The van der Waals surface area contributed by atoms with Crippen LogP contribution in [0.3, 0.4) is 0 Å². The highest BCUT2D eigenvalue weighted by atomic mass is 32.1. The second-order valence-electron chi connectivity index (χ2n) is 8.17. The summed E-state index contributed by atoms with van der Waals surface area (Å²) in [5.74, 6) is -0.784. The lowest BCUT2D eigenvalue weighted by molar-refractivity contribution is -0.142. The number of hydrogen-bond acceptors (Lipinski definition) is 5. The minimum atomic E-state index is -0.802. The number of methoxy groups -OCH3 is 1. The largest absolute Gasteiger partial charge is 0.467 e. The molecule has 2 N–H and O–H groups in total. The van der Waals surface area contributed by atoms with E-state index in [9.17, 15) is 9.59 Å². The summed E-state index contributed by atoms with van der Waals surface area (Å²) in [7, 11) is 1.33. The Balaban J connectivity index is 1.39. The van der Waals surface area contributed by atoms with E-state index < -0.39 is 12.0 Å². The number of H-pyrrole nitrogens is 1. The topological polar surface area (TPSA) is 89.0 Å². The first-order valence-corrected chi connectivity index (χ1v) is 11.8. The molecule has 2 aromatic carbocycles. The summed E-state index contributed by atoms with van der Waals surface area (Å²) < 4.78 is 6.91. The van der Waals surface area contributed by atoms with Gasteiger partial charge in [0.15, 0.2) is 0 Å². The van der Waals surface area contributed by atoms with Gasteiger partial charge in [-0.05, 0) is 30.2 Å². The maximum atomic E-state index is 13.2. The van der Waals surface area contributed by atoms with Crippen molar-refractivity contribution < 1.29 is 14.3 Å². The van der Waals surface area contributed by atoms with E-state index in [4.69, 9.17) is 4.74 Å². The van der Waals surface area contributed by atoms with Gasteiger partial charge in [-0.3, -0.25) is 9.48 Å². The number of hydrogen-bond donors (Lipinski definition) is 2. The minimum Gasteiger partial charge on any atom is -0.467 e. The van der Waals surface area contributed by atoms with E-state index in [0.717, 1.165) is 37.9 Å². The fourth-order valence-electron chi connectivity index (χ4n) is 4.17. The standard InChI is InChI=1S/C26H24N4O3S/c1-16-20-13-23(34-25(20)30(29-16)15-17-8-4-3-5-9-17)24(31)28-22(26(32)33-2)12-18-14-27-21-11-7-6-10-19(18)21/h3-11,13-14,22,27H,12,15H2,1-2H3,(H,28,31). The predicted octanol–water partition coefficient (Wildman–Crippen LogP) is 4.45. The predicted molar refractivity (Wildman–Crippen MR) is 133 cm³/mol. The molecule has 1 unspecified atom stereocenters. The van der Waals surface area contributed by atoms with Gasteiger partial charge in [0, 0.05) is 28.9 Å². The SMILES string of the molecule is COC(=O)C(Cc1c[nH]c2ccccc12)NC(=O)c1cc2c(C)nn(Cc3ccccc3)c2s1. The Hall–Kier alpha value is -3.91. The zero-order valence-corrected chi connectivity index (χ0v) is 19.7. The van der Waals surface area contributed by atoms with Crippen LogP contribution in [0.25, 0.3) is 21.1 Å². The maximum absolute atomic E-state index is 13.2. The van der Waals surface area contributed by atoms with Crippen molar-refractivity contribution in [3.63, 3.8) is 0 Å². The quantitative estimate of drug-likeness (QED) is 0.343. The lowest BCUT2D eigenvalue weighted by Gasteiger charge is -2.15. The van der Waals surface area contributed by atoms with Crippen LogP contribution in [-0.2, 0) is 22.5 Å². The average Bonchev–Trinajstić information content (AvgIpc) is 3.55. The molecule has 0 aliphatic heterocycles. The number of carbonyl (C=O) groups excluding carboxylic acids is 2. The number of aryl methyl sites for hydroxylation is 1. The van der Waals surface area contributed by atoms with Crippen LogP contribution in [0.1, 0.15) is 26.5 Å². The van der Waals surface area contributed by atoms with Gasteiger partial charge in [0.25, 0.3) is 5.91 Å². The monoisotopic (exact) mass is 472 g/mol. The molecule has 8 heteroatoms. The van der Waals surface area contributed by atoms with Crippen molar-refractivity contribution in [2.75, 3.05) is 7.11 Å². The first kappa shape index (κ1) is 21.9. The number of ether oxygens (including phenoxy) is 1. The van der Waals surface area contributed by atoms with Crippen molar-refractivity contribution >= 4 is 44.3 Å². The van der Waals surface area contributed by atoms with Crippen molar-refractivity contribution in [1.29, 1.82) is 0 Å². The Morgan fingerprint density at radius 3 is 2.68 bits per heavy atom. The van der Waals surface area contributed by atoms with Crippen LogP contribution in [0.15, 0.2) is 66.9 Å². The molecule has 0 saturated carbocycles. The Labute approximate surface area is 200 Å². The van der Waals surface area contributed by atoms with Gasteiger partial charge in [-0.25, -0.2) is 4.79 Å². The van der Waals surface area contributed by atoms with Gasteiger partial charge in [-0.1, -0.05) is 48.5 Å². The van der Waals surface area contributed by atoms with Gasteiger partial charge in [-0.15, -0.1) is 11.3 Å². The lowest BCUT2D eigenvalue weighted by Crippen LogP contribution is -2.42. The molecule has 0 aliphatic rings. The molecule has 0 radical (unpaired) electrons. The maximum Gasteiger partial charge on any atom is 0.328 e. The summed E-state index contributed by atoms with van der Waals surface area (Å²) in [4.78, 5) is 30.4. The summed E-state index contributed by atoms with van der Waals surface area (Å²) in [5.41, 5.74) is 3.92. The zero-order chi connectivity index (χ0) is 23.7. The number of benzene rings is 2. The number of thiophene rings is 1. The summed E-state index contributed by atoms with van der Waals surface area (Å²) >= 11 is 1.37. The smallest absolute Gasteiger partial charge is 0.328 e. The number of carbonyl (C=O) groups is 2. The van der Waals surface area contributed by atoms with E-state index in [1.807, 2.05) is 66.3 Å². The van der Waals surface area contributed by atoms with E-state index in [2.05, 4.69) is 27.5 Å². The second kappa shape index (κ2) is 9.15. The number of fused-ring (bicyclic) bond motifs is 2. The molecular weight excluding hydrogens is 448 g/mol. The third-order valence-electron chi connectivity index (χ3n) is 5.90. The van der Waals surface area contributed by atoms with Gasteiger partial charge >= 0.3 is 5.97 Å². The van der Waals surface area contributed by atoms with Crippen LogP contribution in [0.2, 0.25) is 0 Å². The van der Waals surface area contributed by atoms with Crippen LogP contribution in [0, 0.1) is 6.92 Å². The van der Waals surface area contributed by atoms with Crippen LogP contribution >= 0.6 is 11.3 Å². The van der Waals surface area contributed by atoms with E-state index in [-0.39, 0.29) is 5.91 Å². The van der Waals surface area contributed by atoms with Gasteiger partial charge in [0.1, 0.15) is 10.9 Å². The van der Waals surface area contributed by atoms with Gasteiger partial charge in [0.05, 0.1) is 24.2 Å². The van der Waals surface area contributed by atoms with Crippen LogP contribution in [0.5, 0.6) is 0 Å². The number of aromatic nitrogens is 3. The first-order chi connectivity index (χ1) is 16.5. The molecule has 0 fully saturated rings. The van der Waals surface area contributed by atoms with Crippen LogP contribution in [0.4, 0.5) is 0 Å². The molecule has 172 valence electrons. The second-order valence-corrected chi connectivity index (χ2v) is 9.20. The highest BCUT2D eigenvalue weighted by molar-refractivity contribution is 7.20. The van der Waals surface area contributed by atoms with E-state index in [1.165, 1.54) is 18.4 Å². The molecule has 5 rings (SSSR count). The van der Waals surface area contributed by atoms with Gasteiger partial charge in [-0.2, -0.15) is 5.10 Å². The summed E-state index contributed by atoms with van der Waals surface area (Å²) in [6.07, 6.45) is 2.20. The first-order valence-electron chi connectivity index (χ1n) is 11.0. The zero-order valence-electron chi connectivity index (χ0n) is 18.9. The van der Waals surface area contributed by atoms with E-state index >= 15 is 0 Å². The molecule has 7 nitrogen and oxygen atoms in total. The molecular formula is C26H24N4O3S. The average molecular weight is 473 g/mol. The minimum absolute atomic E-state index is 0.304. The molecule has 1 atom stereocenters. The number of nitrogens with one attached hydrogen (secondary N) is 2. The van der Waals surface area contributed by atoms with Crippen molar-refractivity contribution in [1.82, 2.24) is 20.1 Å². The molecule has 1 amide bonds. The molecule has 34 heavy (non-hydrogen) atoms. The molecule has 0 saturated heterocycles.